The first-order valence-electron chi connectivity index (χ1n) is 5.64. The molecule has 0 saturated carbocycles. The second-order valence-corrected chi connectivity index (χ2v) is 4.30. The van der Waals surface area contributed by atoms with Gasteiger partial charge in [0.2, 0.25) is 0 Å². The molecular formula is C13H13F3O4. The molecule has 0 heterocycles. The van der Waals surface area contributed by atoms with Gasteiger partial charge in [0.25, 0.3) is 0 Å². The molecule has 110 valence electrons. The predicted octanol–water partition coefficient (Wildman–Crippen LogP) is 2.43. The Balaban J connectivity index is 3.29. The lowest BCUT2D eigenvalue weighted by molar-refractivity contribution is -0.236. The van der Waals surface area contributed by atoms with Crippen LogP contribution in [0, 0.1) is 5.41 Å². The lowest BCUT2D eigenvalue weighted by Crippen LogP contribution is -2.49. The van der Waals surface area contributed by atoms with Crippen LogP contribution in [0.25, 0.3) is 0 Å². The summed E-state index contributed by atoms with van der Waals surface area (Å²) >= 11 is 0. The van der Waals surface area contributed by atoms with Crippen LogP contribution in [-0.4, -0.2) is 30.3 Å². The van der Waals surface area contributed by atoms with Crippen molar-refractivity contribution in [3.63, 3.8) is 0 Å². The molecule has 0 radical (unpaired) electrons. The van der Waals surface area contributed by atoms with E-state index in [0.717, 1.165) is 7.11 Å². The van der Waals surface area contributed by atoms with Crippen molar-refractivity contribution in [3.05, 3.63) is 35.9 Å². The molecule has 1 N–H and O–H groups in total. The van der Waals surface area contributed by atoms with E-state index in [4.69, 9.17) is 5.11 Å². The van der Waals surface area contributed by atoms with Gasteiger partial charge in [0.15, 0.2) is 5.41 Å². The second-order valence-electron chi connectivity index (χ2n) is 4.30. The maximum absolute atomic E-state index is 13.3. The van der Waals surface area contributed by atoms with Crippen LogP contribution >= 0.6 is 0 Å². The average Bonchev–Trinajstić information content (AvgIpc) is 2.36. The van der Waals surface area contributed by atoms with Crippen LogP contribution in [0.2, 0.25) is 0 Å². The SMILES string of the molecule is COC(=O)C(CC(=O)O)(Cc1ccccc1)C(F)(F)F. The number of halogens is 3. The van der Waals surface area contributed by atoms with Gasteiger partial charge in [-0.2, -0.15) is 13.2 Å². The van der Waals surface area contributed by atoms with Gasteiger partial charge >= 0.3 is 18.1 Å². The summed E-state index contributed by atoms with van der Waals surface area (Å²) in [7, 11) is 0.801. The van der Waals surface area contributed by atoms with E-state index in [1.165, 1.54) is 24.3 Å². The predicted molar refractivity (Wildman–Crippen MR) is 62.9 cm³/mol. The fourth-order valence-corrected chi connectivity index (χ4v) is 1.92. The van der Waals surface area contributed by atoms with Crippen LogP contribution < -0.4 is 0 Å². The molecule has 7 heteroatoms. The quantitative estimate of drug-likeness (QED) is 0.846. The van der Waals surface area contributed by atoms with E-state index in [2.05, 4.69) is 4.74 Å². The number of rotatable bonds is 5. The van der Waals surface area contributed by atoms with Crippen LogP contribution in [0.4, 0.5) is 13.2 Å². The Morgan fingerprint density at radius 2 is 1.75 bits per heavy atom. The first kappa shape index (κ1) is 16.0. The molecule has 1 rings (SSSR count). The highest BCUT2D eigenvalue weighted by atomic mass is 19.4. The number of carbonyl (C=O) groups is 2. The number of hydrogen-bond acceptors (Lipinski definition) is 3. The minimum absolute atomic E-state index is 0.205. The van der Waals surface area contributed by atoms with Crippen molar-refractivity contribution in [2.45, 2.75) is 19.0 Å². The van der Waals surface area contributed by atoms with Gasteiger partial charge in [-0.1, -0.05) is 30.3 Å². The van der Waals surface area contributed by atoms with E-state index in [1.54, 1.807) is 6.07 Å². The lowest BCUT2D eigenvalue weighted by atomic mass is 9.77. The monoisotopic (exact) mass is 290 g/mol. The van der Waals surface area contributed by atoms with Gasteiger partial charge in [-0.25, -0.2) is 0 Å². The van der Waals surface area contributed by atoms with Crippen molar-refractivity contribution in [2.24, 2.45) is 5.41 Å². The highest BCUT2D eigenvalue weighted by Crippen LogP contribution is 2.45. The van der Waals surface area contributed by atoms with E-state index in [-0.39, 0.29) is 5.56 Å². The Labute approximate surface area is 113 Å². The Morgan fingerprint density at radius 3 is 2.15 bits per heavy atom. The zero-order valence-corrected chi connectivity index (χ0v) is 10.6. The summed E-state index contributed by atoms with van der Waals surface area (Å²) in [5.41, 5.74) is -2.88. The molecule has 0 aliphatic carbocycles. The Morgan fingerprint density at radius 1 is 1.20 bits per heavy atom. The van der Waals surface area contributed by atoms with E-state index in [0.29, 0.717) is 0 Å². The standard InChI is InChI=1S/C13H13F3O4/c1-20-11(19)12(8-10(17)18,13(14,15)16)7-9-5-3-2-4-6-9/h2-6H,7-8H2,1H3,(H,17,18). The van der Waals surface area contributed by atoms with E-state index in [1.807, 2.05) is 0 Å². The van der Waals surface area contributed by atoms with Crippen LogP contribution in [0.3, 0.4) is 0 Å². The summed E-state index contributed by atoms with van der Waals surface area (Å²) in [6.45, 7) is 0. The number of esters is 1. The second kappa shape index (κ2) is 5.94. The summed E-state index contributed by atoms with van der Waals surface area (Å²) in [5, 5.41) is 8.73. The first-order chi connectivity index (χ1) is 9.23. The maximum Gasteiger partial charge on any atom is 0.405 e. The zero-order valence-electron chi connectivity index (χ0n) is 10.6. The van der Waals surface area contributed by atoms with Crippen LogP contribution in [0.1, 0.15) is 12.0 Å². The molecule has 20 heavy (non-hydrogen) atoms. The largest absolute Gasteiger partial charge is 0.481 e. The number of ether oxygens (including phenoxy) is 1. The Hall–Kier alpha value is -2.05. The molecule has 0 aliphatic rings. The maximum atomic E-state index is 13.3. The molecule has 1 atom stereocenters. The van der Waals surface area contributed by atoms with Crippen LogP contribution in [0.5, 0.6) is 0 Å². The highest BCUT2D eigenvalue weighted by molar-refractivity contribution is 5.84. The Kier molecular flexibility index (Phi) is 4.75. The summed E-state index contributed by atoms with van der Waals surface area (Å²) < 4.78 is 44.1. The van der Waals surface area contributed by atoms with Crippen molar-refractivity contribution in [1.29, 1.82) is 0 Å². The fraction of sp³-hybridized carbons (Fsp3) is 0.385. The number of carboxylic acid groups (broad SMARTS) is 1. The van der Waals surface area contributed by atoms with Crippen LogP contribution in [-0.2, 0) is 20.7 Å². The number of aliphatic carboxylic acids is 1. The van der Waals surface area contributed by atoms with Gasteiger partial charge in [0.1, 0.15) is 0 Å². The smallest absolute Gasteiger partial charge is 0.405 e. The molecule has 0 aromatic heterocycles. The van der Waals surface area contributed by atoms with Gasteiger partial charge in [-0.05, 0) is 12.0 Å². The van der Waals surface area contributed by atoms with Crippen molar-refractivity contribution in [1.82, 2.24) is 0 Å². The van der Waals surface area contributed by atoms with E-state index in [9.17, 15) is 22.8 Å². The average molecular weight is 290 g/mol. The van der Waals surface area contributed by atoms with E-state index < -0.39 is 36.4 Å². The molecule has 4 nitrogen and oxygen atoms in total. The molecule has 0 fully saturated rings. The Bertz CT molecular complexity index is 484. The molecular weight excluding hydrogens is 277 g/mol. The summed E-state index contributed by atoms with van der Waals surface area (Å²) in [5.74, 6) is -3.32. The number of alkyl halides is 3. The van der Waals surface area contributed by atoms with Crippen molar-refractivity contribution >= 4 is 11.9 Å². The number of carboxylic acids is 1. The topological polar surface area (TPSA) is 63.6 Å². The van der Waals surface area contributed by atoms with Crippen LogP contribution in [0.15, 0.2) is 30.3 Å². The van der Waals surface area contributed by atoms with Gasteiger partial charge in [0.05, 0.1) is 13.5 Å². The molecule has 0 aliphatic heterocycles. The zero-order chi connectivity index (χ0) is 15.4. The number of benzene rings is 1. The minimum atomic E-state index is -5.03. The first-order valence-corrected chi connectivity index (χ1v) is 5.64. The van der Waals surface area contributed by atoms with Crippen molar-refractivity contribution in [2.75, 3.05) is 7.11 Å². The molecule has 0 saturated heterocycles. The number of carbonyl (C=O) groups excluding carboxylic acids is 1. The van der Waals surface area contributed by atoms with E-state index >= 15 is 0 Å². The summed E-state index contributed by atoms with van der Waals surface area (Å²) in [4.78, 5) is 22.4. The van der Waals surface area contributed by atoms with Gasteiger partial charge in [0, 0.05) is 0 Å². The third-order valence-corrected chi connectivity index (χ3v) is 2.92. The minimum Gasteiger partial charge on any atom is -0.481 e. The normalized spacial score (nSPS) is 14.4. The molecule has 0 bridgehead atoms. The van der Waals surface area contributed by atoms with Crippen molar-refractivity contribution in [3.8, 4) is 0 Å². The highest BCUT2D eigenvalue weighted by Gasteiger charge is 2.62. The molecule has 1 unspecified atom stereocenters. The molecule has 0 amide bonds. The summed E-state index contributed by atoms with van der Waals surface area (Å²) in [6.07, 6.45) is -7.19. The molecule has 1 aromatic rings. The van der Waals surface area contributed by atoms with Gasteiger partial charge in [-0.3, -0.25) is 9.59 Å². The third-order valence-electron chi connectivity index (χ3n) is 2.92. The third kappa shape index (κ3) is 3.28. The summed E-state index contributed by atoms with van der Waals surface area (Å²) in [6, 6.07) is 7.41. The fourth-order valence-electron chi connectivity index (χ4n) is 1.92. The lowest BCUT2D eigenvalue weighted by Gasteiger charge is -2.31. The number of methoxy groups -OCH3 is 1. The van der Waals surface area contributed by atoms with Crippen molar-refractivity contribution < 1.29 is 32.6 Å². The van der Waals surface area contributed by atoms with Gasteiger partial charge in [-0.15, -0.1) is 0 Å². The van der Waals surface area contributed by atoms with Gasteiger partial charge < -0.3 is 9.84 Å². The molecule has 1 aromatic carbocycles. The molecule has 0 spiro atoms. The number of hydrogen-bond donors (Lipinski definition) is 1.